The largest absolute Gasteiger partial charge is 0.507 e. The Morgan fingerprint density at radius 3 is 2.37 bits per heavy atom. The number of fused-ring (bicyclic) bond motifs is 1. The van der Waals surface area contributed by atoms with Gasteiger partial charge in [-0.3, -0.25) is 4.79 Å². The molecule has 1 heterocycles. The number of aromatic amines is 1. The molecule has 0 atom stereocenters. The van der Waals surface area contributed by atoms with Crippen LogP contribution in [0.25, 0.3) is 22.0 Å². The van der Waals surface area contributed by atoms with E-state index < -0.39 is 11.9 Å². The summed E-state index contributed by atoms with van der Waals surface area (Å²) >= 11 is 0. The SMILES string of the molecule is CCOC(=O)Cc1[nH]c2ccc(O)c(-c3ccccc3)c2c1C(=O)OCC. The van der Waals surface area contributed by atoms with Crippen molar-refractivity contribution in [1.82, 2.24) is 4.98 Å². The summed E-state index contributed by atoms with van der Waals surface area (Å²) in [6.07, 6.45) is -0.0916. The van der Waals surface area contributed by atoms with Crippen LogP contribution < -0.4 is 0 Å². The van der Waals surface area contributed by atoms with Crippen LogP contribution in [0.5, 0.6) is 5.75 Å². The van der Waals surface area contributed by atoms with E-state index in [9.17, 15) is 14.7 Å². The van der Waals surface area contributed by atoms with E-state index in [0.29, 0.717) is 22.2 Å². The van der Waals surface area contributed by atoms with Gasteiger partial charge in [-0.05, 0) is 31.5 Å². The van der Waals surface area contributed by atoms with Crippen molar-refractivity contribution in [1.29, 1.82) is 0 Å². The van der Waals surface area contributed by atoms with Crippen molar-refractivity contribution in [3.8, 4) is 16.9 Å². The van der Waals surface area contributed by atoms with E-state index in [1.54, 1.807) is 26.0 Å². The second-order valence-corrected chi connectivity index (χ2v) is 5.93. The Hall–Kier alpha value is -3.28. The molecule has 0 aliphatic carbocycles. The maximum atomic E-state index is 12.7. The van der Waals surface area contributed by atoms with Gasteiger partial charge in [0.25, 0.3) is 0 Å². The number of aromatic nitrogens is 1. The predicted molar refractivity (Wildman–Crippen MR) is 102 cm³/mol. The molecule has 0 saturated heterocycles. The molecule has 2 aromatic carbocycles. The topological polar surface area (TPSA) is 88.6 Å². The monoisotopic (exact) mass is 367 g/mol. The number of phenols is 1. The fourth-order valence-electron chi connectivity index (χ4n) is 3.15. The maximum absolute atomic E-state index is 12.7. The van der Waals surface area contributed by atoms with Crippen LogP contribution in [-0.2, 0) is 20.7 Å². The predicted octanol–water partition coefficient (Wildman–Crippen LogP) is 3.82. The smallest absolute Gasteiger partial charge is 0.340 e. The third kappa shape index (κ3) is 3.65. The highest BCUT2D eigenvalue weighted by molar-refractivity contribution is 6.13. The summed E-state index contributed by atoms with van der Waals surface area (Å²) in [6.45, 7) is 3.89. The third-order valence-corrected chi connectivity index (χ3v) is 4.19. The van der Waals surface area contributed by atoms with Gasteiger partial charge in [-0.15, -0.1) is 0 Å². The van der Waals surface area contributed by atoms with Crippen LogP contribution in [0.15, 0.2) is 42.5 Å². The summed E-state index contributed by atoms with van der Waals surface area (Å²) in [4.78, 5) is 27.8. The summed E-state index contributed by atoms with van der Waals surface area (Å²) < 4.78 is 10.2. The number of ether oxygens (including phenoxy) is 2. The standard InChI is InChI=1S/C21H21NO5/c1-3-26-17(24)12-15-20(21(25)27-4-2)19-14(22-15)10-11-16(23)18(19)13-8-6-5-7-9-13/h5-11,22-23H,3-4,12H2,1-2H3. The summed E-state index contributed by atoms with van der Waals surface area (Å²) in [6, 6.07) is 12.5. The van der Waals surface area contributed by atoms with Crippen molar-refractivity contribution in [3.05, 3.63) is 53.7 Å². The minimum Gasteiger partial charge on any atom is -0.507 e. The van der Waals surface area contributed by atoms with Crippen LogP contribution in [0.4, 0.5) is 0 Å². The van der Waals surface area contributed by atoms with Gasteiger partial charge in [0.1, 0.15) is 5.75 Å². The molecule has 6 heteroatoms. The molecule has 0 amide bonds. The summed E-state index contributed by atoms with van der Waals surface area (Å²) in [5.41, 5.74) is 2.56. The quantitative estimate of drug-likeness (QED) is 0.647. The molecule has 0 aliphatic heterocycles. The number of rotatable bonds is 6. The van der Waals surface area contributed by atoms with Gasteiger partial charge in [0, 0.05) is 22.2 Å². The van der Waals surface area contributed by atoms with Gasteiger partial charge in [0.05, 0.1) is 25.2 Å². The highest BCUT2D eigenvalue weighted by Gasteiger charge is 2.25. The summed E-state index contributed by atoms with van der Waals surface area (Å²) in [5, 5.41) is 11.0. The zero-order valence-electron chi connectivity index (χ0n) is 15.2. The molecule has 140 valence electrons. The third-order valence-electron chi connectivity index (χ3n) is 4.19. The lowest BCUT2D eigenvalue weighted by atomic mass is 9.97. The van der Waals surface area contributed by atoms with Gasteiger partial charge in [0.15, 0.2) is 0 Å². The van der Waals surface area contributed by atoms with Crippen molar-refractivity contribution in [2.24, 2.45) is 0 Å². The first-order chi connectivity index (χ1) is 13.1. The van der Waals surface area contributed by atoms with E-state index in [1.165, 1.54) is 0 Å². The van der Waals surface area contributed by atoms with Crippen LogP contribution in [-0.4, -0.2) is 35.2 Å². The Morgan fingerprint density at radius 2 is 1.70 bits per heavy atom. The number of esters is 2. The Bertz CT molecular complexity index is 975. The number of nitrogens with one attached hydrogen (secondary N) is 1. The van der Waals surface area contributed by atoms with Crippen LogP contribution in [0.2, 0.25) is 0 Å². The first kappa shape index (κ1) is 18.5. The molecule has 3 aromatic rings. The van der Waals surface area contributed by atoms with Gasteiger partial charge in [-0.2, -0.15) is 0 Å². The Morgan fingerprint density at radius 1 is 1.00 bits per heavy atom. The minimum atomic E-state index is -0.550. The van der Waals surface area contributed by atoms with E-state index in [2.05, 4.69) is 4.98 Å². The molecule has 3 rings (SSSR count). The highest BCUT2D eigenvalue weighted by Crippen LogP contribution is 2.39. The zero-order chi connectivity index (χ0) is 19.4. The Balaban J connectivity index is 2.27. The fourth-order valence-corrected chi connectivity index (χ4v) is 3.15. The van der Waals surface area contributed by atoms with Crippen molar-refractivity contribution in [3.63, 3.8) is 0 Å². The van der Waals surface area contributed by atoms with E-state index in [0.717, 1.165) is 5.56 Å². The van der Waals surface area contributed by atoms with E-state index in [4.69, 9.17) is 9.47 Å². The molecule has 0 spiro atoms. The number of H-pyrrole nitrogens is 1. The number of carbonyl (C=O) groups is 2. The van der Waals surface area contributed by atoms with E-state index in [1.807, 2.05) is 30.3 Å². The molecular formula is C21H21NO5. The van der Waals surface area contributed by atoms with Crippen LogP contribution in [0.3, 0.4) is 0 Å². The Labute approximate surface area is 156 Å². The molecular weight excluding hydrogens is 346 g/mol. The van der Waals surface area contributed by atoms with Crippen LogP contribution >= 0.6 is 0 Å². The fraction of sp³-hybridized carbons (Fsp3) is 0.238. The zero-order valence-corrected chi connectivity index (χ0v) is 15.2. The first-order valence-electron chi connectivity index (χ1n) is 8.81. The van der Waals surface area contributed by atoms with Gasteiger partial charge in [0.2, 0.25) is 0 Å². The Kier molecular flexibility index (Phi) is 5.45. The van der Waals surface area contributed by atoms with Gasteiger partial charge in [-0.1, -0.05) is 30.3 Å². The van der Waals surface area contributed by atoms with Gasteiger partial charge in [-0.25, -0.2) is 4.79 Å². The van der Waals surface area contributed by atoms with Crippen molar-refractivity contribution >= 4 is 22.8 Å². The number of hydrogen-bond donors (Lipinski definition) is 2. The molecule has 0 radical (unpaired) electrons. The molecule has 0 aliphatic rings. The molecule has 0 saturated carbocycles. The number of hydrogen-bond acceptors (Lipinski definition) is 5. The minimum absolute atomic E-state index is 0.0425. The lowest BCUT2D eigenvalue weighted by Crippen LogP contribution is -2.13. The average Bonchev–Trinajstić information content (AvgIpc) is 3.00. The second-order valence-electron chi connectivity index (χ2n) is 5.93. The summed E-state index contributed by atoms with van der Waals surface area (Å²) in [5.74, 6) is -0.952. The number of aromatic hydroxyl groups is 1. The highest BCUT2D eigenvalue weighted by atomic mass is 16.5. The number of carbonyl (C=O) groups excluding carboxylic acids is 2. The van der Waals surface area contributed by atoms with Crippen LogP contribution in [0, 0.1) is 0 Å². The molecule has 0 unspecified atom stereocenters. The summed E-state index contributed by atoms with van der Waals surface area (Å²) in [7, 11) is 0. The molecule has 2 N–H and O–H groups in total. The number of benzene rings is 2. The average molecular weight is 367 g/mol. The van der Waals surface area contributed by atoms with Crippen molar-refractivity contribution in [2.75, 3.05) is 13.2 Å². The normalized spacial score (nSPS) is 10.7. The molecule has 0 bridgehead atoms. The van der Waals surface area contributed by atoms with E-state index >= 15 is 0 Å². The first-order valence-corrected chi connectivity index (χ1v) is 8.81. The molecule has 27 heavy (non-hydrogen) atoms. The molecule has 6 nitrogen and oxygen atoms in total. The molecule has 0 fully saturated rings. The van der Waals surface area contributed by atoms with Gasteiger partial charge >= 0.3 is 11.9 Å². The lowest BCUT2D eigenvalue weighted by molar-refractivity contribution is -0.142. The second kappa shape index (κ2) is 7.95. The number of phenolic OH excluding ortho intramolecular Hbond substituents is 1. The maximum Gasteiger partial charge on any atom is 0.340 e. The van der Waals surface area contributed by atoms with Crippen molar-refractivity contribution in [2.45, 2.75) is 20.3 Å². The lowest BCUT2D eigenvalue weighted by Gasteiger charge is -2.10. The van der Waals surface area contributed by atoms with E-state index in [-0.39, 0.29) is 30.9 Å². The van der Waals surface area contributed by atoms with Crippen molar-refractivity contribution < 1.29 is 24.2 Å². The van der Waals surface area contributed by atoms with Gasteiger partial charge < -0.3 is 19.6 Å². The molecule has 1 aromatic heterocycles. The van der Waals surface area contributed by atoms with Crippen LogP contribution in [0.1, 0.15) is 29.9 Å².